The van der Waals surface area contributed by atoms with Crippen LogP contribution in [0.2, 0.25) is 0 Å². The normalized spacial score (nSPS) is 7.60. The van der Waals surface area contributed by atoms with Gasteiger partial charge in [-0.25, -0.2) is 0 Å². The molecule has 0 bridgehead atoms. The highest BCUT2D eigenvalue weighted by Gasteiger charge is 1.72. The van der Waals surface area contributed by atoms with Crippen LogP contribution in [0.1, 0.15) is 6.92 Å². The number of nitrogens with zero attached hydrogens (tertiary/aromatic N) is 1. The van der Waals surface area contributed by atoms with Crippen molar-refractivity contribution >= 4 is 0 Å². The minimum atomic E-state index is 1.14. The molecule has 2 heteroatoms. The van der Waals surface area contributed by atoms with Gasteiger partial charge in [0.05, 0.1) is 12.5 Å². The van der Waals surface area contributed by atoms with E-state index in [0.717, 1.165) is 6.54 Å². The highest BCUT2D eigenvalue weighted by Crippen LogP contribution is 1.65. The minimum Gasteiger partial charge on any atom is -0.474 e. The average Bonchev–Trinajstić information content (AvgIpc) is 1.91. The Morgan fingerprint density at radius 3 is 1.60 bits per heavy atom. The Kier molecular flexibility index (Phi) is 13.3. The molecule has 0 aromatic rings. The van der Waals surface area contributed by atoms with Gasteiger partial charge in [-0.15, -0.1) is 0 Å². The number of rotatable bonds is 3. The fraction of sp³-hybridized carbons (Fsp3) is 0.500. The molecule has 0 spiro atoms. The molecule has 0 heterocycles. The number of hydrogen-bond acceptors (Lipinski definition) is 2. The highest BCUT2D eigenvalue weighted by molar-refractivity contribution is 4.57. The van der Waals surface area contributed by atoms with Crippen molar-refractivity contribution in [1.82, 2.24) is 4.90 Å². The van der Waals surface area contributed by atoms with Gasteiger partial charge in [-0.1, -0.05) is 20.1 Å². The zero-order valence-electron chi connectivity index (χ0n) is 7.13. The molecule has 0 unspecified atom stereocenters. The Morgan fingerprint density at radius 2 is 1.60 bits per heavy atom. The monoisotopic (exact) mass is 143 g/mol. The molecule has 0 saturated carbocycles. The summed E-state index contributed by atoms with van der Waals surface area (Å²) in [5, 5.41) is 0. The van der Waals surface area contributed by atoms with Crippen molar-refractivity contribution in [3.63, 3.8) is 0 Å². The van der Waals surface area contributed by atoms with Crippen LogP contribution in [0.5, 0.6) is 0 Å². The minimum absolute atomic E-state index is 1.14. The Labute approximate surface area is 63.8 Å². The summed E-state index contributed by atoms with van der Waals surface area (Å²) in [5.41, 5.74) is 0. The fourth-order valence-electron chi connectivity index (χ4n) is 0.0680. The third-order valence-corrected chi connectivity index (χ3v) is 0.825. The molecular formula is C8H17NO. The van der Waals surface area contributed by atoms with Crippen molar-refractivity contribution in [2.45, 2.75) is 6.92 Å². The summed E-state index contributed by atoms with van der Waals surface area (Å²) < 4.78 is 4.36. The Balaban J connectivity index is 0. The molecule has 0 aliphatic rings. The van der Waals surface area contributed by atoms with E-state index in [2.05, 4.69) is 43.8 Å². The standard InChI is InChI=1S/C4H11N.C4H6O/c1-4-5(2)3;1-3-5-4-2/h4H2,1-3H3;3-4H,1-2H2. The van der Waals surface area contributed by atoms with Crippen molar-refractivity contribution in [2.75, 3.05) is 20.6 Å². The first-order chi connectivity index (χ1) is 4.68. The predicted molar refractivity (Wildman–Crippen MR) is 45.7 cm³/mol. The van der Waals surface area contributed by atoms with Crippen LogP contribution in [0.15, 0.2) is 25.7 Å². The van der Waals surface area contributed by atoms with Crippen LogP contribution in [0.4, 0.5) is 0 Å². The van der Waals surface area contributed by atoms with Gasteiger partial charge in [0, 0.05) is 0 Å². The maximum atomic E-state index is 4.36. The summed E-state index contributed by atoms with van der Waals surface area (Å²) in [7, 11) is 4.11. The molecule has 0 atom stereocenters. The van der Waals surface area contributed by atoms with Crippen LogP contribution in [-0.4, -0.2) is 25.5 Å². The van der Waals surface area contributed by atoms with Gasteiger partial charge in [0.15, 0.2) is 0 Å². The molecule has 0 amide bonds. The van der Waals surface area contributed by atoms with Gasteiger partial charge in [0.25, 0.3) is 0 Å². The average molecular weight is 143 g/mol. The molecule has 2 nitrogen and oxygen atoms in total. The van der Waals surface area contributed by atoms with E-state index in [1.807, 2.05) is 0 Å². The van der Waals surface area contributed by atoms with Crippen LogP contribution >= 0.6 is 0 Å². The summed E-state index contributed by atoms with van der Waals surface area (Å²) in [6.07, 6.45) is 2.62. The molecule has 0 N–H and O–H groups in total. The zero-order chi connectivity index (χ0) is 8.41. The second-order valence-electron chi connectivity index (χ2n) is 1.87. The van der Waals surface area contributed by atoms with E-state index in [-0.39, 0.29) is 0 Å². The molecule has 0 aliphatic carbocycles. The van der Waals surface area contributed by atoms with Crippen molar-refractivity contribution in [2.24, 2.45) is 0 Å². The number of ether oxygens (including phenoxy) is 1. The SMILES string of the molecule is C=COC=C.CCN(C)C. The van der Waals surface area contributed by atoms with Crippen LogP contribution in [0.25, 0.3) is 0 Å². The first-order valence-electron chi connectivity index (χ1n) is 3.21. The smallest absolute Gasteiger partial charge is 0.0829 e. The summed E-state index contributed by atoms with van der Waals surface area (Å²) in [4.78, 5) is 2.12. The lowest BCUT2D eigenvalue weighted by Crippen LogP contribution is -2.08. The summed E-state index contributed by atoms with van der Waals surface area (Å²) in [5.74, 6) is 0. The van der Waals surface area contributed by atoms with Crippen LogP contribution in [0, 0.1) is 0 Å². The predicted octanol–water partition coefficient (Wildman–Crippen LogP) is 1.86. The molecular weight excluding hydrogens is 126 g/mol. The zero-order valence-corrected chi connectivity index (χ0v) is 7.13. The largest absolute Gasteiger partial charge is 0.474 e. The van der Waals surface area contributed by atoms with Crippen molar-refractivity contribution in [3.05, 3.63) is 25.7 Å². The lowest BCUT2D eigenvalue weighted by atomic mass is 10.7. The van der Waals surface area contributed by atoms with Gasteiger partial charge in [0.1, 0.15) is 0 Å². The molecule has 0 rings (SSSR count). The lowest BCUT2D eigenvalue weighted by Gasteiger charge is -2.00. The van der Waals surface area contributed by atoms with Gasteiger partial charge in [-0.3, -0.25) is 0 Å². The van der Waals surface area contributed by atoms with E-state index in [0.29, 0.717) is 0 Å². The fourth-order valence-corrected chi connectivity index (χ4v) is 0.0680. The van der Waals surface area contributed by atoms with Crippen molar-refractivity contribution < 1.29 is 4.74 Å². The molecule has 10 heavy (non-hydrogen) atoms. The molecule has 0 aromatic carbocycles. The van der Waals surface area contributed by atoms with Crippen molar-refractivity contribution in [1.29, 1.82) is 0 Å². The lowest BCUT2D eigenvalue weighted by molar-refractivity contribution is 0.406. The molecule has 0 saturated heterocycles. The van der Waals surface area contributed by atoms with E-state index in [1.54, 1.807) is 0 Å². The van der Waals surface area contributed by atoms with Gasteiger partial charge in [-0.2, -0.15) is 0 Å². The summed E-state index contributed by atoms with van der Waals surface area (Å²) in [6, 6.07) is 0. The molecule has 0 aliphatic heterocycles. The van der Waals surface area contributed by atoms with E-state index in [1.165, 1.54) is 12.5 Å². The second-order valence-corrected chi connectivity index (χ2v) is 1.87. The quantitative estimate of drug-likeness (QED) is 0.559. The van der Waals surface area contributed by atoms with E-state index in [9.17, 15) is 0 Å². The summed E-state index contributed by atoms with van der Waals surface area (Å²) >= 11 is 0. The summed E-state index contributed by atoms with van der Waals surface area (Å²) in [6.45, 7) is 9.78. The first-order valence-corrected chi connectivity index (χ1v) is 3.21. The van der Waals surface area contributed by atoms with Gasteiger partial charge in [-0.05, 0) is 20.6 Å². The third kappa shape index (κ3) is 26.9. The van der Waals surface area contributed by atoms with Crippen LogP contribution < -0.4 is 0 Å². The second kappa shape index (κ2) is 11.1. The van der Waals surface area contributed by atoms with E-state index >= 15 is 0 Å². The number of hydrogen-bond donors (Lipinski definition) is 0. The molecule has 0 radical (unpaired) electrons. The maximum absolute atomic E-state index is 4.36. The van der Waals surface area contributed by atoms with Crippen LogP contribution in [-0.2, 0) is 4.74 Å². The van der Waals surface area contributed by atoms with E-state index in [4.69, 9.17) is 0 Å². The van der Waals surface area contributed by atoms with Crippen LogP contribution in [0.3, 0.4) is 0 Å². The maximum Gasteiger partial charge on any atom is 0.0829 e. The molecule has 60 valence electrons. The highest BCUT2D eigenvalue weighted by atomic mass is 16.5. The van der Waals surface area contributed by atoms with Gasteiger partial charge in [0.2, 0.25) is 0 Å². The Bertz CT molecular complexity index is 73.3. The Hall–Kier alpha value is -0.760. The molecule has 0 fully saturated rings. The Morgan fingerprint density at radius 1 is 1.30 bits per heavy atom. The van der Waals surface area contributed by atoms with Gasteiger partial charge < -0.3 is 9.64 Å². The topological polar surface area (TPSA) is 12.5 Å². The third-order valence-electron chi connectivity index (χ3n) is 0.825. The van der Waals surface area contributed by atoms with E-state index < -0.39 is 0 Å². The van der Waals surface area contributed by atoms with Gasteiger partial charge >= 0.3 is 0 Å². The van der Waals surface area contributed by atoms with Crippen molar-refractivity contribution in [3.8, 4) is 0 Å². The molecule has 0 aromatic heterocycles. The first kappa shape index (κ1) is 12.0.